The van der Waals surface area contributed by atoms with Crippen LogP contribution in [0.1, 0.15) is 31.4 Å². The first-order valence-corrected chi connectivity index (χ1v) is 10.6. The van der Waals surface area contributed by atoms with Crippen LogP contribution in [0.3, 0.4) is 0 Å². The Kier molecular flexibility index (Phi) is 4.67. The highest BCUT2D eigenvalue weighted by Gasteiger charge is 2.18. The molecule has 0 fully saturated rings. The Morgan fingerprint density at radius 3 is 2.60 bits per heavy atom. The molecule has 3 aromatic rings. The highest BCUT2D eigenvalue weighted by atomic mass is 32.2. The van der Waals surface area contributed by atoms with Gasteiger partial charge in [-0.2, -0.15) is 0 Å². The first-order valence-electron chi connectivity index (χ1n) is 7.44. The molecular weight excluding hydrogens is 378 g/mol. The van der Waals surface area contributed by atoms with Crippen molar-refractivity contribution in [3.63, 3.8) is 0 Å². The third-order valence-electron chi connectivity index (χ3n) is 3.77. The molecule has 3 rings (SSSR count). The third-order valence-corrected chi connectivity index (χ3v) is 7.48. The van der Waals surface area contributed by atoms with Crippen LogP contribution in [0.5, 0.6) is 0 Å². The maximum absolute atomic E-state index is 12.5. The molecule has 0 aliphatic rings. The Balaban J connectivity index is 1.82. The lowest BCUT2D eigenvalue weighted by Crippen LogP contribution is -2.22. The van der Waals surface area contributed by atoms with E-state index in [0.29, 0.717) is 4.88 Å². The summed E-state index contributed by atoms with van der Waals surface area (Å²) in [6.07, 6.45) is 0. The molecule has 132 valence electrons. The number of fused-ring (bicyclic) bond motifs is 1. The van der Waals surface area contributed by atoms with Gasteiger partial charge in [-0.15, -0.1) is 22.7 Å². The molecule has 3 heterocycles. The van der Waals surface area contributed by atoms with Crippen LogP contribution in [0.4, 0.5) is 0 Å². The summed E-state index contributed by atoms with van der Waals surface area (Å²) >= 11 is 2.42. The van der Waals surface area contributed by atoms with Gasteiger partial charge in [-0.05, 0) is 50.1 Å². The zero-order valence-corrected chi connectivity index (χ0v) is 16.4. The summed E-state index contributed by atoms with van der Waals surface area (Å²) in [4.78, 5) is 19.3. The van der Waals surface area contributed by atoms with Gasteiger partial charge in [-0.25, -0.2) is 18.5 Å². The molecular formula is C16H17N3O3S3. The molecule has 0 aliphatic carbocycles. The summed E-state index contributed by atoms with van der Waals surface area (Å²) in [7, 11) is -3.71. The lowest BCUT2D eigenvalue weighted by atomic mass is 10.1. The zero-order valence-electron chi connectivity index (χ0n) is 13.9. The number of carbonyl (C=O) groups excluding carboxylic acids is 1. The van der Waals surface area contributed by atoms with Crippen LogP contribution in [-0.4, -0.2) is 19.3 Å². The van der Waals surface area contributed by atoms with Crippen LogP contribution in [-0.2, 0) is 16.6 Å². The van der Waals surface area contributed by atoms with Gasteiger partial charge in [-0.3, -0.25) is 4.79 Å². The fraction of sp³-hybridized carbons (Fsp3) is 0.250. The number of hydrogen-bond donors (Lipinski definition) is 2. The Labute approximate surface area is 153 Å². The minimum Gasteiger partial charge on any atom is -0.346 e. The average molecular weight is 396 g/mol. The van der Waals surface area contributed by atoms with E-state index in [0.717, 1.165) is 43.3 Å². The second-order valence-electron chi connectivity index (χ2n) is 5.77. The first-order chi connectivity index (χ1) is 11.7. The number of rotatable bonds is 4. The number of aryl methyl sites for hydroxylation is 3. The minimum atomic E-state index is -3.71. The van der Waals surface area contributed by atoms with Crippen molar-refractivity contribution in [1.29, 1.82) is 0 Å². The van der Waals surface area contributed by atoms with E-state index in [2.05, 4.69) is 10.3 Å². The lowest BCUT2D eigenvalue weighted by molar-refractivity contribution is 0.0955. The molecule has 25 heavy (non-hydrogen) atoms. The fourth-order valence-corrected chi connectivity index (χ4v) is 5.63. The molecule has 0 saturated heterocycles. The Hall–Kier alpha value is -1.81. The van der Waals surface area contributed by atoms with Crippen molar-refractivity contribution in [3.8, 4) is 0 Å². The molecule has 9 heteroatoms. The molecule has 0 aromatic carbocycles. The molecule has 0 bridgehead atoms. The van der Waals surface area contributed by atoms with E-state index in [1.807, 2.05) is 26.8 Å². The van der Waals surface area contributed by atoms with Crippen molar-refractivity contribution in [3.05, 3.63) is 44.8 Å². The van der Waals surface area contributed by atoms with Gasteiger partial charge >= 0.3 is 0 Å². The van der Waals surface area contributed by atoms with E-state index in [9.17, 15) is 13.2 Å². The highest BCUT2D eigenvalue weighted by Crippen LogP contribution is 2.32. The van der Waals surface area contributed by atoms with E-state index in [1.54, 1.807) is 6.07 Å². The van der Waals surface area contributed by atoms with Crippen LogP contribution in [0.25, 0.3) is 10.2 Å². The normalized spacial score (nSPS) is 11.8. The predicted molar refractivity (Wildman–Crippen MR) is 101 cm³/mol. The van der Waals surface area contributed by atoms with Gasteiger partial charge < -0.3 is 5.32 Å². The van der Waals surface area contributed by atoms with E-state index in [4.69, 9.17) is 5.14 Å². The molecule has 0 radical (unpaired) electrons. The average Bonchev–Trinajstić information content (AvgIpc) is 3.09. The lowest BCUT2D eigenvalue weighted by Gasteiger charge is -2.03. The number of nitrogens with one attached hydrogen (secondary N) is 1. The Bertz CT molecular complexity index is 1080. The van der Waals surface area contributed by atoms with Gasteiger partial charge in [0, 0.05) is 16.0 Å². The smallest absolute Gasteiger partial charge is 0.262 e. The van der Waals surface area contributed by atoms with Crippen molar-refractivity contribution in [2.45, 2.75) is 31.5 Å². The predicted octanol–water partition coefficient (Wildman–Crippen LogP) is 2.86. The van der Waals surface area contributed by atoms with Crippen LogP contribution in [0, 0.1) is 20.8 Å². The van der Waals surface area contributed by atoms with Crippen molar-refractivity contribution in [2.75, 3.05) is 0 Å². The number of thiophene rings is 2. The van der Waals surface area contributed by atoms with Gasteiger partial charge in [-0.1, -0.05) is 0 Å². The first kappa shape index (κ1) is 18.0. The summed E-state index contributed by atoms with van der Waals surface area (Å²) in [5.41, 5.74) is 2.94. The number of amides is 1. The van der Waals surface area contributed by atoms with Crippen molar-refractivity contribution < 1.29 is 13.2 Å². The molecule has 0 spiro atoms. The van der Waals surface area contributed by atoms with Crippen LogP contribution < -0.4 is 10.5 Å². The molecule has 0 atom stereocenters. The second-order valence-corrected chi connectivity index (χ2v) is 9.72. The van der Waals surface area contributed by atoms with E-state index < -0.39 is 10.0 Å². The van der Waals surface area contributed by atoms with Gasteiger partial charge in [0.05, 0.1) is 11.4 Å². The SMILES string of the molecule is Cc1cc(C)c2c(C)c(C(=O)NCc3ccc(S(N)(=O)=O)s3)sc2n1. The van der Waals surface area contributed by atoms with Crippen molar-refractivity contribution in [2.24, 2.45) is 5.14 Å². The maximum atomic E-state index is 12.5. The summed E-state index contributed by atoms with van der Waals surface area (Å²) in [6, 6.07) is 5.10. The number of primary sulfonamides is 1. The molecule has 0 aliphatic heterocycles. The monoisotopic (exact) mass is 395 g/mol. The fourth-order valence-electron chi connectivity index (χ4n) is 2.69. The minimum absolute atomic E-state index is 0.0880. The summed E-state index contributed by atoms with van der Waals surface area (Å²) < 4.78 is 22.7. The Morgan fingerprint density at radius 1 is 1.24 bits per heavy atom. The molecule has 6 nitrogen and oxygen atoms in total. The number of pyridine rings is 1. The van der Waals surface area contributed by atoms with Gasteiger partial charge in [0.2, 0.25) is 10.0 Å². The quantitative estimate of drug-likeness (QED) is 0.709. The van der Waals surface area contributed by atoms with E-state index >= 15 is 0 Å². The van der Waals surface area contributed by atoms with E-state index in [-0.39, 0.29) is 16.7 Å². The number of aromatic nitrogens is 1. The van der Waals surface area contributed by atoms with Crippen molar-refractivity contribution in [1.82, 2.24) is 10.3 Å². The topological polar surface area (TPSA) is 102 Å². The number of sulfonamides is 1. The third kappa shape index (κ3) is 3.59. The zero-order chi connectivity index (χ0) is 18.4. The number of nitrogens with zero attached hydrogens (tertiary/aromatic N) is 1. The molecule has 1 amide bonds. The number of hydrogen-bond acceptors (Lipinski definition) is 6. The second kappa shape index (κ2) is 6.49. The van der Waals surface area contributed by atoms with Crippen LogP contribution in [0.2, 0.25) is 0 Å². The molecule has 3 aromatic heterocycles. The standard InChI is InChI=1S/C16H17N3O3S3/c1-8-6-9(2)19-16-13(8)10(3)14(24-16)15(20)18-7-11-4-5-12(23-11)25(17,21)22/h4-6H,7H2,1-3H3,(H,18,20)(H2,17,21,22). The molecule has 0 saturated carbocycles. The summed E-state index contributed by atoms with van der Waals surface area (Å²) in [5, 5.41) is 8.95. The summed E-state index contributed by atoms with van der Waals surface area (Å²) in [5.74, 6) is -0.192. The van der Waals surface area contributed by atoms with Crippen molar-refractivity contribution >= 4 is 48.8 Å². The largest absolute Gasteiger partial charge is 0.346 e. The van der Waals surface area contributed by atoms with Gasteiger partial charge in [0.1, 0.15) is 9.04 Å². The molecule has 0 unspecified atom stereocenters. The van der Waals surface area contributed by atoms with E-state index in [1.165, 1.54) is 17.4 Å². The number of carbonyl (C=O) groups is 1. The Morgan fingerprint density at radius 2 is 1.96 bits per heavy atom. The van der Waals surface area contributed by atoms with Gasteiger partial charge in [0.25, 0.3) is 5.91 Å². The van der Waals surface area contributed by atoms with Crippen LogP contribution in [0.15, 0.2) is 22.4 Å². The maximum Gasteiger partial charge on any atom is 0.262 e. The van der Waals surface area contributed by atoms with Gasteiger partial charge in [0.15, 0.2) is 0 Å². The number of nitrogens with two attached hydrogens (primary N) is 1. The molecule has 3 N–H and O–H groups in total. The summed E-state index contributed by atoms with van der Waals surface area (Å²) in [6.45, 7) is 6.11. The van der Waals surface area contributed by atoms with Crippen LogP contribution >= 0.6 is 22.7 Å². The highest BCUT2D eigenvalue weighted by molar-refractivity contribution is 7.91.